The van der Waals surface area contributed by atoms with E-state index in [1.54, 1.807) is 31.2 Å². The quantitative estimate of drug-likeness (QED) is 0.258. The van der Waals surface area contributed by atoms with Crippen molar-refractivity contribution in [1.29, 1.82) is 5.26 Å². The van der Waals surface area contributed by atoms with Crippen LogP contribution in [-0.4, -0.2) is 31.3 Å². The highest BCUT2D eigenvalue weighted by molar-refractivity contribution is 7.80. The maximum atomic E-state index is 13.3. The van der Waals surface area contributed by atoms with Gasteiger partial charge in [-0.3, -0.25) is 4.79 Å². The Balaban J connectivity index is 1.67. The van der Waals surface area contributed by atoms with Gasteiger partial charge in [0.1, 0.15) is 11.6 Å². The zero-order chi connectivity index (χ0) is 28.3. The summed E-state index contributed by atoms with van der Waals surface area (Å²) in [5, 5.41) is 19.3. The van der Waals surface area contributed by atoms with Gasteiger partial charge in [-0.15, -0.1) is 5.10 Å². The van der Waals surface area contributed by atoms with Crippen LogP contribution in [0.1, 0.15) is 42.9 Å². The molecule has 3 N–H and O–H groups in total. The standard InChI is InChI=1S/C26H24F3N7O2S/c1-4-6-21-31-14(3)22-24(37)34-23(35-36(21)22)18-11-16(9-10-20(18)38-5-2)32-25(39)33-17-8-7-15(13-30)19(12-17)26(27,28)29/h7-12H,4-6H2,1-3H3,(H2,32,33,39)(H,34,35,37). The van der Waals surface area contributed by atoms with E-state index < -0.39 is 17.3 Å². The first-order valence-electron chi connectivity index (χ1n) is 12.0. The number of rotatable bonds is 7. The number of anilines is 2. The van der Waals surface area contributed by atoms with Crippen molar-refractivity contribution in [2.24, 2.45) is 0 Å². The Morgan fingerprint density at radius 3 is 2.51 bits per heavy atom. The largest absolute Gasteiger partial charge is 0.493 e. The van der Waals surface area contributed by atoms with Crippen LogP contribution in [0.5, 0.6) is 5.75 Å². The summed E-state index contributed by atoms with van der Waals surface area (Å²) in [6, 6.07) is 9.77. The number of thiocarbonyl (C=S) groups is 1. The second-order valence-electron chi connectivity index (χ2n) is 8.52. The molecule has 2 heterocycles. The van der Waals surface area contributed by atoms with Gasteiger partial charge in [0.2, 0.25) is 0 Å². The highest BCUT2D eigenvalue weighted by Crippen LogP contribution is 2.34. The van der Waals surface area contributed by atoms with Gasteiger partial charge in [0, 0.05) is 17.8 Å². The number of halogens is 3. The molecule has 0 bridgehead atoms. The van der Waals surface area contributed by atoms with Gasteiger partial charge < -0.3 is 20.4 Å². The first kappa shape index (κ1) is 27.6. The molecule has 2 aromatic heterocycles. The number of aromatic amines is 1. The Kier molecular flexibility index (Phi) is 7.87. The number of nitrogens with zero attached hydrogens (tertiary/aromatic N) is 4. The number of alkyl halides is 3. The van der Waals surface area contributed by atoms with Gasteiger partial charge >= 0.3 is 6.18 Å². The lowest BCUT2D eigenvalue weighted by atomic mass is 10.1. The van der Waals surface area contributed by atoms with E-state index in [1.807, 2.05) is 13.8 Å². The molecule has 0 saturated carbocycles. The van der Waals surface area contributed by atoms with E-state index in [4.69, 9.17) is 22.2 Å². The number of imidazole rings is 1. The molecule has 0 radical (unpaired) electrons. The molecule has 13 heteroatoms. The molecule has 0 unspecified atom stereocenters. The van der Waals surface area contributed by atoms with Crippen molar-refractivity contribution in [2.75, 3.05) is 17.2 Å². The Labute approximate surface area is 226 Å². The van der Waals surface area contributed by atoms with Crippen molar-refractivity contribution in [3.63, 3.8) is 0 Å². The predicted molar refractivity (Wildman–Crippen MR) is 145 cm³/mol. The first-order valence-corrected chi connectivity index (χ1v) is 12.4. The van der Waals surface area contributed by atoms with Crippen molar-refractivity contribution in [1.82, 2.24) is 19.6 Å². The van der Waals surface area contributed by atoms with E-state index in [0.717, 1.165) is 18.6 Å². The molecule has 39 heavy (non-hydrogen) atoms. The summed E-state index contributed by atoms with van der Waals surface area (Å²) >= 11 is 5.31. The highest BCUT2D eigenvalue weighted by Gasteiger charge is 2.34. The molecule has 4 aromatic rings. The summed E-state index contributed by atoms with van der Waals surface area (Å²) in [4.78, 5) is 20.2. The minimum Gasteiger partial charge on any atom is -0.493 e. The molecule has 202 valence electrons. The average molecular weight is 556 g/mol. The van der Waals surface area contributed by atoms with Crippen LogP contribution in [-0.2, 0) is 12.6 Å². The van der Waals surface area contributed by atoms with Crippen LogP contribution in [0.2, 0.25) is 0 Å². The SMILES string of the molecule is CCCc1nc(C)c2c(=O)[nH]c(-c3cc(NC(=S)Nc4ccc(C#N)c(C(F)(F)F)c4)ccc3OCC)nn12. The number of aromatic nitrogens is 4. The van der Waals surface area contributed by atoms with Crippen LogP contribution in [0.4, 0.5) is 24.5 Å². The number of nitriles is 1. The number of benzene rings is 2. The van der Waals surface area contributed by atoms with Crippen LogP contribution in [0, 0.1) is 18.3 Å². The summed E-state index contributed by atoms with van der Waals surface area (Å²) in [5.41, 5.74) is 0.0178. The van der Waals surface area contributed by atoms with E-state index >= 15 is 0 Å². The summed E-state index contributed by atoms with van der Waals surface area (Å²) in [6.45, 7) is 5.93. The Morgan fingerprint density at radius 1 is 1.18 bits per heavy atom. The number of nitrogens with one attached hydrogen (secondary N) is 3. The molecular formula is C26H24F3N7O2S. The third-order valence-corrected chi connectivity index (χ3v) is 5.92. The molecule has 9 nitrogen and oxygen atoms in total. The van der Waals surface area contributed by atoms with Gasteiger partial charge in [-0.2, -0.15) is 18.4 Å². The summed E-state index contributed by atoms with van der Waals surface area (Å²) in [6.07, 6.45) is -3.24. The minimum absolute atomic E-state index is 0.00955. The fraction of sp³-hybridized carbons (Fsp3) is 0.269. The topological polar surface area (TPSA) is 120 Å². The lowest BCUT2D eigenvalue weighted by Gasteiger charge is -2.16. The van der Waals surface area contributed by atoms with E-state index in [0.29, 0.717) is 47.1 Å². The molecule has 0 amide bonds. The molecule has 0 spiro atoms. The zero-order valence-corrected chi connectivity index (χ0v) is 22.0. The second-order valence-corrected chi connectivity index (χ2v) is 8.93. The number of ether oxygens (including phenoxy) is 1. The van der Waals surface area contributed by atoms with Crippen LogP contribution >= 0.6 is 12.2 Å². The third-order valence-electron chi connectivity index (χ3n) is 5.71. The molecule has 0 aliphatic heterocycles. The summed E-state index contributed by atoms with van der Waals surface area (Å²) in [7, 11) is 0. The Morgan fingerprint density at radius 2 is 1.87 bits per heavy atom. The number of fused-ring (bicyclic) bond motifs is 1. The van der Waals surface area contributed by atoms with Gasteiger partial charge in [-0.05, 0) is 68.9 Å². The Bertz CT molecular complexity index is 1650. The lowest BCUT2D eigenvalue weighted by Crippen LogP contribution is -2.20. The smallest absolute Gasteiger partial charge is 0.417 e. The fourth-order valence-electron chi connectivity index (χ4n) is 4.06. The van der Waals surface area contributed by atoms with Crippen LogP contribution in [0.25, 0.3) is 16.9 Å². The molecule has 0 aliphatic rings. The van der Waals surface area contributed by atoms with Crippen LogP contribution in [0.3, 0.4) is 0 Å². The molecule has 0 atom stereocenters. The second kappa shape index (κ2) is 11.1. The lowest BCUT2D eigenvalue weighted by molar-refractivity contribution is -0.137. The van der Waals surface area contributed by atoms with Gasteiger partial charge in [0.25, 0.3) is 5.56 Å². The van der Waals surface area contributed by atoms with Gasteiger partial charge in [0.05, 0.1) is 35.1 Å². The number of hydrogen-bond acceptors (Lipinski definition) is 6. The molecule has 4 rings (SSSR count). The monoisotopic (exact) mass is 555 g/mol. The molecule has 0 aliphatic carbocycles. The average Bonchev–Trinajstić information content (AvgIpc) is 3.20. The summed E-state index contributed by atoms with van der Waals surface area (Å²) in [5.74, 6) is 1.37. The number of aryl methyl sites for hydroxylation is 2. The Hall–Kier alpha value is -4.44. The van der Waals surface area contributed by atoms with Crippen molar-refractivity contribution in [3.05, 3.63) is 69.4 Å². The van der Waals surface area contributed by atoms with Crippen LogP contribution < -0.4 is 20.9 Å². The zero-order valence-electron chi connectivity index (χ0n) is 21.2. The minimum atomic E-state index is -4.70. The maximum absolute atomic E-state index is 13.3. The van der Waals surface area contributed by atoms with E-state index in [2.05, 4.69) is 25.7 Å². The van der Waals surface area contributed by atoms with Gasteiger partial charge in [0.15, 0.2) is 16.5 Å². The van der Waals surface area contributed by atoms with Crippen molar-refractivity contribution in [3.8, 4) is 23.2 Å². The first-order chi connectivity index (χ1) is 18.5. The van der Waals surface area contributed by atoms with Crippen molar-refractivity contribution < 1.29 is 17.9 Å². The molecule has 0 saturated heterocycles. The van der Waals surface area contributed by atoms with E-state index in [1.165, 1.54) is 10.6 Å². The third kappa shape index (κ3) is 5.85. The fourth-order valence-corrected chi connectivity index (χ4v) is 4.30. The number of hydrogen-bond donors (Lipinski definition) is 3. The maximum Gasteiger partial charge on any atom is 0.417 e. The van der Waals surface area contributed by atoms with Crippen molar-refractivity contribution >= 4 is 34.2 Å². The molecule has 2 aromatic carbocycles. The predicted octanol–water partition coefficient (Wildman–Crippen LogP) is 5.44. The normalized spacial score (nSPS) is 11.3. The van der Waals surface area contributed by atoms with Gasteiger partial charge in [-0.25, -0.2) is 9.50 Å². The van der Waals surface area contributed by atoms with E-state index in [-0.39, 0.29) is 22.2 Å². The molecule has 0 fully saturated rings. The number of H-pyrrole nitrogens is 1. The van der Waals surface area contributed by atoms with Crippen LogP contribution in [0.15, 0.2) is 41.2 Å². The van der Waals surface area contributed by atoms with Gasteiger partial charge in [-0.1, -0.05) is 6.92 Å². The van der Waals surface area contributed by atoms with E-state index in [9.17, 15) is 18.0 Å². The van der Waals surface area contributed by atoms with Crippen molar-refractivity contribution in [2.45, 2.75) is 39.8 Å². The summed E-state index contributed by atoms with van der Waals surface area (Å²) < 4.78 is 47.3. The molecular weight excluding hydrogens is 531 g/mol. The highest BCUT2D eigenvalue weighted by atomic mass is 32.1.